The maximum atomic E-state index is 11.5. The molecule has 1 heterocycles. The monoisotopic (exact) mass is 175 g/mol. The van der Waals surface area contributed by atoms with Crippen LogP contribution in [0.5, 0.6) is 0 Å². The molecule has 11 heavy (non-hydrogen) atoms. The Kier molecular flexibility index (Phi) is 1.68. The average Bonchev–Trinajstić information content (AvgIpc) is 2.66. The molecule has 1 saturated heterocycles. The van der Waals surface area contributed by atoms with Crippen molar-refractivity contribution in [3.8, 4) is 0 Å². The number of rotatable bonds is 2. The Morgan fingerprint density at radius 2 is 2.09 bits per heavy atom. The molecule has 1 aliphatic carbocycles. The van der Waals surface area contributed by atoms with Gasteiger partial charge in [0.15, 0.2) is 9.84 Å². The second kappa shape index (κ2) is 2.45. The van der Waals surface area contributed by atoms with Crippen LogP contribution in [0.25, 0.3) is 0 Å². The highest BCUT2D eigenvalue weighted by molar-refractivity contribution is 7.93. The average molecular weight is 175 g/mol. The summed E-state index contributed by atoms with van der Waals surface area (Å²) < 4.78 is 28.0. The van der Waals surface area contributed by atoms with Gasteiger partial charge in [0.1, 0.15) is 0 Å². The molecule has 1 saturated carbocycles. The van der Waals surface area contributed by atoms with Crippen LogP contribution in [-0.2, 0) is 14.6 Å². The maximum absolute atomic E-state index is 11.5. The van der Waals surface area contributed by atoms with E-state index in [1.165, 1.54) is 0 Å². The van der Waals surface area contributed by atoms with Crippen LogP contribution in [0.2, 0.25) is 0 Å². The molecule has 0 aromatic heterocycles. The Morgan fingerprint density at radius 3 is 2.55 bits per heavy atom. The molecule has 0 amide bonds. The van der Waals surface area contributed by atoms with E-state index in [1.807, 2.05) is 0 Å². The maximum Gasteiger partial charge on any atom is 0.158 e. The summed E-state index contributed by atoms with van der Waals surface area (Å²) in [6.45, 7) is 0.870. The van der Waals surface area contributed by atoms with E-state index in [2.05, 4.69) is 0 Å². The first-order chi connectivity index (χ1) is 5.21. The summed E-state index contributed by atoms with van der Waals surface area (Å²) in [7, 11) is -2.85. The van der Waals surface area contributed by atoms with Crippen molar-refractivity contribution in [1.82, 2.24) is 0 Å². The minimum absolute atomic E-state index is 0.0505. The summed E-state index contributed by atoms with van der Waals surface area (Å²) in [6, 6.07) is 0. The minimum Gasteiger partial charge on any atom is -0.380 e. The molecule has 4 heteroatoms. The van der Waals surface area contributed by atoms with Crippen LogP contribution >= 0.6 is 0 Å². The number of hydrogen-bond acceptors (Lipinski definition) is 3. The molecular weight excluding hydrogens is 164 g/mol. The molecule has 1 atom stereocenters. The third-order valence-electron chi connectivity index (χ3n) is 2.17. The van der Waals surface area contributed by atoms with Crippen LogP contribution < -0.4 is 0 Å². The Balaban J connectivity index is 2.12. The zero-order valence-electron chi connectivity index (χ0n) is 6.19. The van der Waals surface area contributed by atoms with E-state index < -0.39 is 9.84 Å². The molecule has 1 aliphatic heterocycles. The fourth-order valence-corrected chi connectivity index (χ4v) is 3.22. The molecule has 1 unspecified atom stereocenters. The van der Waals surface area contributed by atoms with Crippen molar-refractivity contribution in [2.45, 2.75) is 23.3 Å². The van der Waals surface area contributed by atoms with E-state index in [9.17, 15) is 8.42 Å². The predicted octanol–water partition coefficient (Wildman–Crippen LogP) is 0.167. The van der Waals surface area contributed by atoms with Gasteiger partial charge in [-0.1, -0.05) is 0 Å². The van der Waals surface area contributed by atoms with Gasteiger partial charge in [-0.15, -0.1) is 0 Å². The first-order valence-corrected chi connectivity index (χ1v) is 5.46. The van der Waals surface area contributed by atoms with Crippen molar-refractivity contribution in [3.63, 3.8) is 0 Å². The normalized spacial score (nSPS) is 32.5. The molecule has 2 fully saturated rings. The number of hydrogen-bond donors (Lipinski definition) is 0. The lowest BCUT2D eigenvalue weighted by Crippen LogP contribution is -2.25. The summed E-state index contributed by atoms with van der Waals surface area (Å²) in [5.41, 5.74) is 0. The molecule has 63 valence electrons. The number of ether oxygens (including phenoxy) is 1. The molecule has 0 N–H and O–H groups in total. The van der Waals surface area contributed by atoms with E-state index in [0.717, 1.165) is 12.8 Å². The topological polar surface area (TPSA) is 43.4 Å². The van der Waals surface area contributed by atoms with Crippen molar-refractivity contribution in [2.24, 2.45) is 0 Å². The molecule has 0 bridgehead atoms. The second-order valence-corrected chi connectivity index (χ2v) is 5.55. The third kappa shape index (κ3) is 1.29. The zero-order valence-corrected chi connectivity index (χ0v) is 7.01. The quantitative estimate of drug-likeness (QED) is 0.600. The van der Waals surface area contributed by atoms with Crippen molar-refractivity contribution in [1.29, 1.82) is 0 Å². The van der Waals surface area contributed by atoms with Gasteiger partial charge in [0, 0.05) is 6.42 Å². The molecule has 2 rings (SSSR count). The second-order valence-electron chi connectivity index (χ2n) is 3.10. The lowest BCUT2D eigenvalue weighted by molar-refractivity contribution is 0.204. The summed E-state index contributed by atoms with van der Waals surface area (Å²) >= 11 is 0. The standard InChI is InChI=1S/C7H11O3S/c8-11(9,6-1-2-6)7-3-4-10-5-7/h3,6-7H,1-2,4-5H2. The van der Waals surface area contributed by atoms with Gasteiger partial charge in [-0.2, -0.15) is 0 Å². The first-order valence-electron chi connectivity index (χ1n) is 3.85. The highest BCUT2D eigenvalue weighted by Gasteiger charge is 2.42. The van der Waals surface area contributed by atoms with Gasteiger partial charge in [-0.3, -0.25) is 0 Å². The van der Waals surface area contributed by atoms with E-state index in [4.69, 9.17) is 4.74 Å². The van der Waals surface area contributed by atoms with Crippen LogP contribution in [0.15, 0.2) is 0 Å². The van der Waals surface area contributed by atoms with Crippen molar-refractivity contribution in [3.05, 3.63) is 6.42 Å². The molecule has 2 aliphatic rings. The fourth-order valence-electron chi connectivity index (χ4n) is 1.30. The van der Waals surface area contributed by atoms with Gasteiger partial charge in [0.05, 0.1) is 23.7 Å². The molecular formula is C7H11O3S. The lowest BCUT2D eigenvalue weighted by atomic mass is 10.4. The SMILES string of the molecule is O=S(=O)(C1[CH]COC1)C1CC1. The Hall–Kier alpha value is -0.0900. The largest absolute Gasteiger partial charge is 0.380 e. The first kappa shape index (κ1) is 7.55. The van der Waals surface area contributed by atoms with Crippen molar-refractivity contribution >= 4 is 9.84 Å². The van der Waals surface area contributed by atoms with Gasteiger partial charge >= 0.3 is 0 Å². The van der Waals surface area contributed by atoms with Crippen LogP contribution in [0, 0.1) is 6.42 Å². The Bertz CT molecular complexity index is 234. The highest BCUT2D eigenvalue weighted by Crippen LogP contribution is 2.33. The smallest absolute Gasteiger partial charge is 0.158 e. The van der Waals surface area contributed by atoms with Crippen LogP contribution in [0.1, 0.15) is 12.8 Å². The predicted molar refractivity (Wildman–Crippen MR) is 40.8 cm³/mol. The Labute approximate surface area is 66.7 Å². The minimum atomic E-state index is -2.85. The molecule has 3 nitrogen and oxygen atoms in total. The van der Waals surface area contributed by atoms with Crippen molar-refractivity contribution in [2.75, 3.05) is 13.2 Å². The van der Waals surface area contributed by atoms with Gasteiger partial charge in [-0.05, 0) is 12.8 Å². The molecule has 0 aromatic carbocycles. The van der Waals surface area contributed by atoms with E-state index in [1.54, 1.807) is 6.42 Å². The summed E-state index contributed by atoms with van der Waals surface area (Å²) in [5, 5.41) is -0.361. The zero-order chi connectivity index (χ0) is 7.90. The van der Waals surface area contributed by atoms with Gasteiger partial charge in [0.2, 0.25) is 0 Å². The van der Waals surface area contributed by atoms with Crippen LogP contribution in [0.4, 0.5) is 0 Å². The summed E-state index contributed by atoms with van der Waals surface area (Å²) in [6.07, 6.45) is 3.47. The molecule has 0 spiro atoms. The van der Waals surface area contributed by atoms with E-state index >= 15 is 0 Å². The van der Waals surface area contributed by atoms with Gasteiger partial charge in [0.25, 0.3) is 0 Å². The van der Waals surface area contributed by atoms with E-state index in [0.29, 0.717) is 13.2 Å². The molecule has 1 radical (unpaired) electrons. The van der Waals surface area contributed by atoms with Gasteiger partial charge in [-0.25, -0.2) is 8.42 Å². The van der Waals surface area contributed by atoms with E-state index in [-0.39, 0.29) is 10.5 Å². The van der Waals surface area contributed by atoms with Gasteiger partial charge < -0.3 is 4.74 Å². The lowest BCUT2D eigenvalue weighted by Gasteiger charge is -2.06. The molecule has 0 aromatic rings. The Morgan fingerprint density at radius 1 is 1.36 bits per heavy atom. The van der Waals surface area contributed by atoms with Crippen LogP contribution in [0.3, 0.4) is 0 Å². The van der Waals surface area contributed by atoms with Crippen molar-refractivity contribution < 1.29 is 13.2 Å². The highest BCUT2D eigenvalue weighted by atomic mass is 32.2. The van der Waals surface area contributed by atoms with Crippen LogP contribution in [-0.4, -0.2) is 32.1 Å². The third-order valence-corrected chi connectivity index (χ3v) is 4.74. The fraction of sp³-hybridized carbons (Fsp3) is 0.857. The number of sulfone groups is 1. The summed E-state index contributed by atoms with van der Waals surface area (Å²) in [5.74, 6) is 0. The summed E-state index contributed by atoms with van der Waals surface area (Å²) in [4.78, 5) is 0.